The molecule has 2 atom stereocenters. The van der Waals surface area contributed by atoms with E-state index in [4.69, 9.17) is 21.8 Å². The normalized spacial score (nSPS) is 32.0. The summed E-state index contributed by atoms with van der Waals surface area (Å²) in [5.41, 5.74) is -0.226. The van der Waals surface area contributed by atoms with Gasteiger partial charge in [0.2, 0.25) is 18.6 Å². The van der Waals surface area contributed by atoms with Crippen LogP contribution < -0.4 is 9.47 Å². The molecule has 0 spiro atoms. The van der Waals surface area contributed by atoms with Gasteiger partial charge < -0.3 is 24.3 Å². The largest absolute Gasteiger partial charge is 0.454 e. The maximum atomic E-state index is 13.5. The summed E-state index contributed by atoms with van der Waals surface area (Å²) < 4.78 is 93.9. The van der Waals surface area contributed by atoms with Crippen molar-refractivity contribution in [3.8, 4) is 11.5 Å². The Morgan fingerprint density at radius 1 is 1.21 bits per heavy atom. The van der Waals surface area contributed by atoms with Crippen molar-refractivity contribution in [1.29, 1.82) is 0 Å². The summed E-state index contributed by atoms with van der Waals surface area (Å²) in [6.07, 6.45) is -0.447. The first kappa shape index (κ1) is 9.35. The van der Waals surface area contributed by atoms with Gasteiger partial charge in [0.05, 0.1) is 23.6 Å². The van der Waals surface area contributed by atoms with Gasteiger partial charge in [0.1, 0.15) is 8.76 Å². The number of H-pyrrole nitrogens is 1. The highest BCUT2D eigenvalue weighted by Crippen LogP contribution is 2.44. The molecule has 1 saturated heterocycles. The molecule has 0 aliphatic carbocycles. The summed E-state index contributed by atoms with van der Waals surface area (Å²) >= 11 is 0. The number of likely N-dealkylation sites (N-methyl/N-ethyl adjacent to an activating group) is 1. The zero-order chi connectivity index (χ0) is 28.5. The number of nitrogens with one attached hydrogen (secondary N) is 1. The van der Waals surface area contributed by atoms with Crippen LogP contribution in [0.15, 0.2) is 42.3 Å². The van der Waals surface area contributed by atoms with E-state index in [2.05, 4.69) is 4.98 Å². The van der Waals surface area contributed by atoms with Gasteiger partial charge in [-0.2, -0.15) is 0 Å². The van der Waals surface area contributed by atoms with E-state index in [1.54, 1.807) is 0 Å². The van der Waals surface area contributed by atoms with Crippen molar-refractivity contribution in [2.24, 2.45) is 0 Å². The number of para-hydroxylation sites is 1. The van der Waals surface area contributed by atoms with Crippen molar-refractivity contribution in [2.75, 3.05) is 20.3 Å². The highest BCUT2D eigenvalue weighted by molar-refractivity contribution is 5.97. The van der Waals surface area contributed by atoms with Crippen molar-refractivity contribution in [1.82, 2.24) is 14.8 Å². The number of carbonyl (C=O) groups excluding carboxylic acids is 2. The van der Waals surface area contributed by atoms with Crippen molar-refractivity contribution >= 4 is 22.7 Å². The fourth-order valence-corrected chi connectivity index (χ4v) is 4.03. The number of benzene rings is 2. The second-order valence-electron chi connectivity index (χ2n) is 6.95. The van der Waals surface area contributed by atoms with Crippen LogP contribution in [0.1, 0.15) is 36.6 Å². The molecule has 1 aromatic heterocycles. The number of hydrogen-bond acceptors (Lipinski definition) is 4. The van der Waals surface area contributed by atoms with Crippen LogP contribution in [0.3, 0.4) is 0 Å². The topological polar surface area (TPSA) is 74.9 Å². The second kappa shape index (κ2) is 5.76. The Balaban J connectivity index is 1.74. The minimum Gasteiger partial charge on any atom is -0.454 e. The Morgan fingerprint density at radius 3 is 2.93 bits per heavy atom. The van der Waals surface area contributed by atoms with Gasteiger partial charge in [0.15, 0.2) is 11.5 Å². The maximum Gasteiger partial charge on any atom is 0.245 e. The molecule has 29 heavy (non-hydrogen) atoms. The Labute approximate surface area is 180 Å². The summed E-state index contributed by atoms with van der Waals surface area (Å²) in [5.74, 6) is -2.47. The molecule has 0 bridgehead atoms. The summed E-state index contributed by atoms with van der Waals surface area (Å²) in [6.45, 7) is -3.15. The standard InChI is InChI=1S/C22H19N3O4/c1-24-10-19(26)25-16(22(24)27)9-14-13-4-2-3-5-15(13)23-20(14)21(25)12-6-7-17-18(8-12)29-11-28-17/h2-8,16,21,23H,9-11H2,1H3/t16-,21?/m1/s1/i2D,3D,4D,5D,6D,7D,8D,11D2,16D. The van der Waals surface area contributed by atoms with Crippen molar-refractivity contribution < 1.29 is 32.8 Å². The van der Waals surface area contributed by atoms with Gasteiger partial charge in [-0.1, -0.05) is 24.2 Å². The summed E-state index contributed by atoms with van der Waals surface area (Å²) in [6, 6.07) is -7.71. The minimum absolute atomic E-state index is 0.00184. The van der Waals surface area contributed by atoms with Crippen molar-refractivity contribution in [3.63, 3.8) is 0 Å². The van der Waals surface area contributed by atoms with E-state index >= 15 is 0 Å². The third kappa shape index (κ3) is 2.24. The highest BCUT2D eigenvalue weighted by Gasteiger charge is 2.47. The van der Waals surface area contributed by atoms with Crippen molar-refractivity contribution in [3.05, 3.63) is 59.1 Å². The average molecular weight is 399 g/mol. The molecule has 1 unspecified atom stereocenters. The van der Waals surface area contributed by atoms with E-state index in [0.717, 1.165) is 9.80 Å². The van der Waals surface area contributed by atoms with Gasteiger partial charge >= 0.3 is 0 Å². The van der Waals surface area contributed by atoms with E-state index < -0.39 is 97.4 Å². The number of aromatic amines is 1. The van der Waals surface area contributed by atoms with Gasteiger partial charge in [-0.05, 0) is 29.3 Å². The SMILES string of the molecule is [2H]c1c([2H])c(C2c3[nH]c4c([2H])c([2H])c([2H])c([2H])c4c3C[C@]3([2H])C(=O)N(C)CC(=O)N23)c([2H])c2c1OC([2H])([2H])O2. The molecule has 4 heterocycles. The lowest BCUT2D eigenvalue weighted by Crippen LogP contribution is -2.62. The molecule has 0 saturated carbocycles. The lowest BCUT2D eigenvalue weighted by molar-refractivity contribution is -0.157. The number of fused-ring (bicyclic) bond motifs is 5. The van der Waals surface area contributed by atoms with E-state index in [9.17, 15) is 11.0 Å². The van der Waals surface area contributed by atoms with Gasteiger partial charge in [0, 0.05) is 30.1 Å². The first-order chi connectivity index (χ1) is 18.1. The molecule has 2 aromatic carbocycles. The molecule has 1 N–H and O–H groups in total. The first-order valence-electron chi connectivity index (χ1n) is 13.8. The molecule has 3 aliphatic rings. The molecular weight excluding hydrogens is 370 g/mol. The highest BCUT2D eigenvalue weighted by atomic mass is 16.7. The lowest BCUT2D eigenvalue weighted by Gasteiger charge is -2.46. The molecule has 146 valence electrons. The van der Waals surface area contributed by atoms with E-state index in [1.165, 1.54) is 7.05 Å². The number of amides is 2. The van der Waals surface area contributed by atoms with Gasteiger partial charge in [-0.3, -0.25) is 9.59 Å². The number of nitrogens with zero attached hydrogens (tertiary/aromatic N) is 2. The van der Waals surface area contributed by atoms with Gasteiger partial charge in [-0.25, -0.2) is 0 Å². The quantitative estimate of drug-likeness (QED) is 0.681. The van der Waals surface area contributed by atoms with Crippen molar-refractivity contribution in [2.45, 2.75) is 18.5 Å². The molecule has 6 rings (SSSR count). The Kier molecular flexibility index (Phi) is 1.86. The Bertz CT molecular complexity index is 1670. The third-order valence-electron chi connectivity index (χ3n) is 5.30. The molecule has 0 radical (unpaired) electrons. The molecule has 7 heteroatoms. The number of carbonyl (C=O) groups is 2. The number of piperazine rings is 1. The lowest BCUT2D eigenvalue weighted by atomic mass is 9.86. The molecule has 7 nitrogen and oxygen atoms in total. The molecule has 3 aliphatic heterocycles. The zero-order valence-corrected chi connectivity index (χ0v) is 15.0. The fourth-order valence-electron chi connectivity index (χ4n) is 4.03. The summed E-state index contributed by atoms with van der Waals surface area (Å²) in [5, 5.41) is 0.00184. The number of aromatic nitrogens is 1. The number of rotatable bonds is 1. The van der Waals surface area contributed by atoms with Crippen LogP contribution in [-0.2, 0) is 16.0 Å². The predicted octanol–water partition coefficient (Wildman–Crippen LogP) is 2.21. The van der Waals surface area contributed by atoms with Crippen LogP contribution in [0.2, 0.25) is 0 Å². The molecule has 2 amide bonds. The van der Waals surface area contributed by atoms with Crippen LogP contribution in [0.25, 0.3) is 10.9 Å². The van der Waals surface area contributed by atoms with Gasteiger partial charge in [0.25, 0.3) is 0 Å². The Morgan fingerprint density at radius 2 is 2.03 bits per heavy atom. The zero-order valence-electron chi connectivity index (χ0n) is 25.0. The summed E-state index contributed by atoms with van der Waals surface area (Å²) in [7, 11) is 1.34. The number of hydrogen-bond donors (Lipinski definition) is 1. The van der Waals surface area contributed by atoms with Crippen LogP contribution in [-0.4, -0.2) is 53.0 Å². The maximum absolute atomic E-state index is 13.5. The second-order valence-corrected chi connectivity index (χ2v) is 6.95. The number of ether oxygens (including phenoxy) is 2. The molecule has 1 fully saturated rings. The van der Waals surface area contributed by atoms with Crippen LogP contribution in [0, 0.1) is 0 Å². The predicted molar refractivity (Wildman–Crippen MR) is 105 cm³/mol. The van der Waals surface area contributed by atoms with E-state index in [1.807, 2.05) is 0 Å². The van der Waals surface area contributed by atoms with Crippen LogP contribution in [0.5, 0.6) is 11.5 Å². The third-order valence-corrected chi connectivity index (χ3v) is 5.30. The average Bonchev–Trinajstić information content (AvgIpc) is 3.40. The molecular formula is C22H19N3O4. The Hall–Kier alpha value is -3.48. The molecule has 3 aromatic rings. The van der Waals surface area contributed by atoms with Gasteiger partial charge in [-0.15, -0.1) is 0 Å². The van der Waals surface area contributed by atoms with E-state index in [-0.39, 0.29) is 27.7 Å². The minimum atomic E-state index is -2.73. The van der Waals surface area contributed by atoms with Crippen LogP contribution >= 0.6 is 0 Å². The summed E-state index contributed by atoms with van der Waals surface area (Å²) in [4.78, 5) is 31.7. The first-order valence-corrected chi connectivity index (χ1v) is 8.81. The van der Waals surface area contributed by atoms with Crippen LogP contribution in [0.4, 0.5) is 0 Å². The monoisotopic (exact) mass is 399 g/mol. The van der Waals surface area contributed by atoms with E-state index in [0.29, 0.717) is 0 Å². The smallest absolute Gasteiger partial charge is 0.245 e. The fraction of sp³-hybridized carbons (Fsp3) is 0.273.